The fourth-order valence-corrected chi connectivity index (χ4v) is 2.13. The summed E-state index contributed by atoms with van der Waals surface area (Å²) in [6.07, 6.45) is 0.845. The maximum Gasteiger partial charge on any atom is 0.328 e. The monoisotopic (exact) mass is 291 g/mol. The van der Waals surface area contributed by atoms with E-state index in [2.05, 4.69) is 5.32 Å². The molecule has 0 unspecified atom stereocenters. The smallest absolute Gasteiger partial charge is 0.328 e. The lowest BCUT2D eigenvalue weighted by molar-refractivity contribution is -0.145. The molecular weight excluding hydrogens is 266 g/mol. The van der Waals surface area contributed by atoms with Gasteiger partial charge in [-0.3, -0.25) is 4.79 Å². The SMILES string of the molecule is COC(=O)[C@H](Cc1ccc(C)c(C)c1)NC(=O)CC(C)C. The summed E-state index contributed by atoms with van der Waals surface area (Å²) in [5.74, 6) is -0.278. The van der Waals surface area contributed by atoms with Crippen LogP contribution >= 0.6 is 0 Å². The second-order valence-electron chi connectivity index (χ2n) is 5.86. The third-order valence-electron chi connectivity index (χ3n) is 3.43. The minimum Gasteiger partial charge on any atom is -0.467 e. The Morgan fingerprint density at radius 2 is 1.86 bits per heavy atom. The first-order chi connectivity index (χ1) is 9.83. The van der Waals surface area contributed by atoms with Crippen molar-refractivity contribution in [3.8, 4) is 0 Å². The van der Waals surface area contributed by atoms with Gasteiger partial charge < -0.3 is 10.1 Å². The zero-order valence-corrected chi connectivity index (χ0v) is 13.5. The van der Waals surface area contributed by atoms with Crippen molar-refractivity contribution in [2.45, 2.75) is 46.6 Å². The predicted molar refractivity (Wildman–Crippen MR) is 83.0 cm³/mol. The highest BCUT2D eigenvalue weighted by atomic mass is 16.5. The van der Waals surface area contributed by atoms with Gasteiger partial charge in [0.2, 0.25) is 5.91 Å². The number of carbonyl (C=O) groups excluding carboxylic acids is 2. The second-order valence-corrected chi connectivity index (χ2v) is 5.86. The molecule has 1 rings (SSSR count). The van der Waals surface area contributed by atoms with Gasteiger partial charge in [-0.1, -0.05) is 32.0 Å². The van der Waals surface area contributed by atoms with Gasteiger partial charge in [0.05, 0.1) is 7.11 Å². The highest BCUT2D eigenvalue weighted by Gasteiger charge is 2.22. The number of rotatable bonds is 6. The summed E-state index contributed by atoms with van der Waals surface area (Å²) >= 11 is 0. The van der Waals surface area contributed by atoms with Gasteiger partial charge in [-0.05, 0) is 36.5 Å². The van der Waals surface area contributed by atoms with Crippen LogP contribution in [0.2, 0.25) is 0 Å². The van der Waals surface area contributed by atoms with Crippen molar-refractivity contribution in [2.24, 2.45) is 5.92 Å². The third kappa shape index (κ3) is 5.58. The number of ether oxygens (including phenoxy) is 1. The Kier molecular flexibility index (Phi) is 6.40. The number of carbonyl (C=O) groups is 2. The minimum absolute atomic E-state index is 0.121. The average Bonchev–Trinajstić information content (AvgIpc) is 2.40. The van der Waals surface area contributed by atoms with E-state index in [1.54, 1.807) is 0 Å². The molecule has 0 spiro atoms. The largest absolute Gasteiger partial charge is 0.467 e. The Hall–Kier alpha value is -1.84. The number of aryl methyl sites for hydroxylation is 2. The maximum absolute atomic E-state index is 11.9. The molecule has 1 aromatic rings. The molecule has 0 saturated heterocycles. The summed E-state index contributed by atoms with van der Waals surface area (Å²) in [5, 5.41) is 2.77. The van der Waals surface area contributed by atoms with Crippen LogP contribution in [-0.4, -0.2) is 25.0 Å². The van der Waals surface area contributed by atoms with Crippen LogP contribution in [-0.2, 0) is 20.7 Å². The van der Waals surface area contributed by atoms with Crippen molar-refractivity contribution in [1.82, 2.24) is 5.32 Å². The molecule has 0 aliphatic rings. The summed E-state index contributed by atoms with van der Waals surface area (Å²) < 4.78 is 4.79. The summed E-state index contributed by atoms with van der Waals surface area (Å²) in [7, 11) is 1.34. The van der Waals surface area contributed by atoms with E-state index < -0.39 is 12.0 Å². The molecule has 116 valence electrons. The molecule has 0 bridgehead atoms. The predicted octanol–water partition coefficient (Wildman–Crippen LogP) is 2.55. The summed E-state index contributed by atoms with van der Waals surface area (Å²) in [4.78, 5) is 23.7. The standard InChI is InChI=1S/C17H25NO3/c1-11(2)8-16(19)18-15(17(20)21-5)10-14-7-6-12(3)13(4)9-14/h6-7,9,11,15H,8,10H2,1-5H3,(H,18,19)/t15-/m0/s1. The number of amides is 1. The number of esters is 1. The van der Waals surface area contributed by atoms with Gasteiger partial charge in [-0.2, -0.15) is 0 Å². The van der Waals surface area contributed by atoms with Gasteiger partial charge >= 0.3 is 5.97 Å². The molecule has 4 nitrogen and oxygen atoms in total. The molecule has 21 heavy (non-hydrogen) atoms. The van der Waals surface area contributed by atoms with E-state index in [-0.39, 0.29) is 11.8 Å². The van der Waals surface area contributed by atoms with E-state index in [1.165, 1.54) is 18.2 Å². The molecule has 1 N–H and O–H groups in total. The van der Waals surface area contributed by atoms with Crippen LogP contribution in [0.25, 0.3) is 0 Å². The van der Waals surface area contributed by atoms with E-state index in [9.17, 15) is 9.59 Å². The van der Waals surface area contributed by atoms with E-state index in [1.807, 2.05) is 45.9 Å². The number of methoxy groups -OCH3 is 1. The second kappa shape index (κ2) is 7.81. The summed E-state index contributed by atoms with van der Waals surface area (Å²) in [5.41, 5.74) is 3.39. The quantitative estimate of drug-likeness (QED) is 0.820. The fourth-order valence-electron chi connectivity index (χ4n) is 2.13. The molecule has 4 heteroatoms. The van der Waals surface area contributed by atoms with Crippen LogP contribution in [0, 0.1) is 19.8 Å². The van der Waals surface area contributed by atoms with E-state index >= 15 is 0 Å². The van der Waals surface area contributed by atoms with E-state index in [0.29, 0.717) is 12.8 Å². The van der Waals surface area contributed by atoms with Gasteiger partial charge in [0, 0.05) is 12.8 Å². The first kappa shape index (κ1) is 17.2. The maximum atomic E-state index is 11.9. The topological polar surface area (TPSA) is 55.4 Å². The van der Waals surface area contributed by atoms with Gasteiger partial charge in [-0.15, -0.1) is 0 Å². The van der Waals surface area contributed by atoms with Crippen molar-refractivity contribution in [3.63, 3.8) is 0 Å². The first-order valence-electron chi connectivity index (χ1n) is 7.26. The summed E-state index contributed by atoms with van der Waals surface area (Å²) in [6, 6.07) is 5.41. The molecular formula is C17H25NO3. The van der Waals surface area contributed by atoms with Crippen LogP contribution in [0.5, 0.6) is 0 Å². The van der Waals surface area contributed by atoms with Crippen LogP contribution in [0.1, 0.15) is 37.0 Å². The van der Waals surface area contributed by atoms with E-state index in [0.717, 1.165) is 5.56 Å². The van der Waals surface area contributed by atoms with Crippen LogP contribution in [0.4, 0.5) is 0 Å². The molecule has 0 fully saturated rings. The lowest BCUT2D eigenvalue weighted by Gasteiger charge is -2.18. The average molecular weight is 291 g/mol. The van der Waals surface area contributed by atoms with E-state index in [4.69, 9.17) is 4.74 Å². The summed E-state index contributed by atoms with van der Waals surface area (Å²) in [6.45, 7) is 8.01. The zero-order valence-electron chi connectivity index (χ0n) is 13.5. The third-order valence-corrected chi connectivity index (χ3v) is 3.43. The molecule has 0 saturated carbocycles. The van der Waals surface area contributed by atoms with Crippen molar-refractivity contribution >= 4 is 11.9 Å². The first-order valence-corrected chi connectivity index (χ1v) is 7.26. The van der Waals surface area contributed by atoms with Crippen molar-refractivity contribution in [2.75, 3.05) is 7.11 Å². The lowest BCUT2D eigenvalue weighted by atomic mass is 10.0. The number of hydrogen-bond donors (Lipinski definition) is 1. The normalized spacial score (nSPS) is 12.1. The Balaban J connectivity index is 2.80. The number of nitrogens with one attached hydrogen (secondary N) is 1. The molecule has 0 aromatic heterocycles. The molecule has 1 amide bonds. The molecule has 1 aromatic carbocycles. The minimum atomic E-state index is -0.636. The van der Waals surface area contributed by atoms with Crippen LogP contribution < -0.4 is 5.32 Å². The molecule has 0 aliphatic carbocycles. The molecule has 0 heterocycles. The zero-order chi connectivity index (χ0) is 16.0. The Morgan fingerprint density at radius 1 is 1.19 bits per heavy atom. The van der Waals surface area contributed by atoms with Gasteiger partial charge in [0.1, 0.15) is 6.04 Å². The van der Waals surface area contributed by atoms with Gasteiger partial charge in [0.15, 0.2) is 0 Å². The van der Waals surface area contributed by atoms with Crippen LogP contribution in [0.15, 0.2) is 18.2 Å². The Labute approximate surface area is 126 Å². The Morgan fingerprint density at radius 3 is 2.38 bits per heavy atom. The Bertz CT molecular complexity index is 509. The molecule has 0 aliphatic heterocycles. The highest BCUT2D eigenvalue weighted by molar-refractivity contribution is 5.84. The van der Waals surface area contributed by atoms with Gasteiger partial charge in [-0.25, -0.2) is 4.79 Å². The van der Waals surface area contributed by atoms with Crippen LogP contribution in [0.3, 0.4) is 0 Å². The van der Waals surface area contributed by atoms with Crippen molar-refractivity contribution < 1.29 is 14.3 Å². The van der Waals surface area contributed by atoms with Crippen molar-refractivity contribution in [3.05, 3.63) is 34.9 Å². The highest BCUT2D eigenvalue weighted by Crippen LogP contribution is 2.12. The lowest BCUT2D eigenvalue weighted by Crippen LogP contribution is -2.43. The molecule has 0 radical (unpaired) electrons. The van der Waals surface area contributed by atoms with Gasteiger partial charge in [0.25, 0.3) is 0 Å². The number of hydrogen-bond acceptors (Lipinski definition) is 3. The number of benzene rings is 1. The van der Waals surface area contributed by atoms with Crippen molar-refractivity contribution in [1.29, 1.82) is 0 Å². The fraction of sp³-hybridized carbons (Fsp3) is 0.529. The molecule has 1 atom stereocenters.